The first-order valence-electron chi connectivity index (χ1n) is 8.88. The monoisotopic (exact) mass is 396 g/mol. The van der Waals surface area contributed by atoms with Crippen molar-refractivity contribution in [1.29, 1.82) is 0 Å². The topological polar surface area (TPSA) is 60.3 Å². The highest BCUT2D eigenvalue weighted by Gasteiger charge is 2.08. The van der Waals surface area contributed by atoms with Gasteiger partial charge in [0.05, 0.1) is 19.2 Å². The van der Waals surface area contributed by atoms with Gasteiger partial charge in [-0.3, -0.25) is 9.59 Å². The third-order valence-electron chi connectivity index (χ3n) is 4.29. The van der Waals surface area contributed by atoms with Crippen LogP contribution in [0.25, 0.3) is 0 Å². The fraction of sp³-hybridized carbons (Fsp3) is 0.182. The number of carbonyl (C=O) groups excluding carboxylic acids is 1. The Bertz CT molecular complexity index is 999. The summed E-state index contributed by atoms with van der Waals surface area (Å²) >= 11 is 5.85. The zero-order valence-electron chi connectivity index (χ0n) is 15.5. The summed E-state index contributed by atoms with van der Waals surface area (Å²) in [6.07, 6.45) is 1.90. The van der Waals surface area contributed by atoms with Crippen LogP contribution in [0, 0.1) is 0 Å². The molecule has 3 rings (SSSR count). The van der Waals surface area contributed by atoms with E-state index >= 15 is 0 Å². The van der Waals surface area contributed by atoms with E-state index in [2.05, 4.69) is 5.32 Å². The largest absolute Gasteiger partial charge is 0.483 e. The van der Waals surface area contributed by atoms with E-state index in [1.54, 1.807) is 22.9 Å². The van der Waals surface area contributed by atoms with Gasteiger partial charge >= 0.3 is 0 Å². The van der Waals surface area contributed by atoms with Crippen LogP contribution in [-0.4, -0.2) is 10.5 Å². The van der Waals surface area contributed by atoms with Gasteiger partial charge in [-0.25, -0.2) is 0 Å². The third kappa shape index (κ3) is 5.47. The fourth-order valence-corrected chi connectivity index (χ4v) is 2.83. The summed E-state index contributed by atoms with van der Waals surface area (Å²) in [5, 5.41) is 3.47. The van der Waals surface area contributed by atoms with Crippen molar-refractivity contribution in [3.63, 3.8) is 0 Å². The number of halogens is 1. The van der Waals surface area contributed by atoms with Gasteiger partial charge in [0.1, 0.15) is 6.61 Å². The molecule has 2 aromatic carbocycles. The van der Waals surface area contributed by atoms with E-state index < -0.39 is 0 Å². The summed E-state index contributed by atoms with van der Waals surface area (Å²) < 4.78 is 7.42. The number of nitrogens with one attached hydrogen (secondary N) is 1. The van der Waals surface area contributed by atoms with Crippen molar-refractivity contribution in [2.75, 3.05) is 0 Å². The van der Waals surface area contributed by atoms with E-state index in [1.165, 1.54) is 6.07 Å². The second-order valence-corrected chi connectivity index (χ2v) is 6.89. The number of aryl methyl sites for hydroxylation is 1. The van der Waals surface area contributed by atoms with Crippen molar-refractivity contribution in [3.8, 4) is 5.75 Å². The maximum absolute atomic E-state index is 12.3. The lowest BCUT2D eigenvalue weighted by molar-refractivity contribution is -0.120. The number of rotatable bonds is 7. The number of nitrogens with zero attached hydrogens (tertiary/aromatic N) is 1. The standard InChI is InChI=1S/C22H21ClN2O3/c1-25-14-21(28-15-17-5-3-2-4-6-17)20(26)12-19(25)13-24-22(27)11-16-7-9-18(23)10-8-16/h2-10,12,14H,11,13,15H2,1H3,(H,24,27). The van der Waals surface area contributed by atoms with Crippen molar-refractivity contribution in [1.82, 2.24) is 9.88 Å². The summed E-state index contributed by atoms with van der Waals surface area (Å²) in [6, 6.07) is 18.3. The number of benzene rings is 2. The zero-order chi connectivity index (χ0) is 19.9. The van der Waals surface area contributed by atoms with Gasteiger partial charge in [-0.2, -0.15) is 0 Å². The van der Waals surface area contributed by atoms with Crippen LogP contribution in [0.5, 0.6) is 5.75 Å². The molecule has 0 saturated heterocycles. The fourth-order valence-electron chi connectivity index (χ4n) is 2.71. The van der Waals surface area contributed by atoms with E-state index in [0.717, 1.165) is 11.1 Å². The predicted molar refractivity (Wildman–Crippen MR) is 109 cm³/mol. The van der Waals surface area contributed by atoms with Crippen molar-refractivity contribution >= 4 is 17.5 Å². The molecular weight excluding hydrogens is 376 g/mol. The van der Waals surface area contributed by atoms with Crippen molar-refractivity contribution in [2.45, 2.75) is 19.6 Å². The SMILES string of the molecule is Cn1cc(OCc2ccccc2)c(=O)cc1CNC(=O)Cc1ccc(Cl)cc1. The van der Waals surface area contributed by atoms with Crippen molar-refractivity contribution in [2.24, 2.45) is 7.05 Å². The molecule has 1 N–H and O–H groups in total. The second kappa shape index (κ2) is 9.24. The van der Waals surface area contributed by atoms with Gasteiger partial charge in [0.25, 0.3) is 0 Å². The molecule has 0 aliphatic heterocycles. The van der Waals surface area contributed by atoms with Crippen LogP contribution >= 0.6 is 11.6 Å². The lowest BCUT2D eigenvalue weighted by atomic mass is 10.1. The molecule has 0 bridgehead atoms. The smallest absolute Gasteiger partial charge is 0.224 e. The molecule has 0 fully saturated rings. The molecule has 0 saturated carbocycles. The Balaban J connectivity index is 1.58. The van der Waals surface area contributed by atoms with Gasteiger partial charge in [0, 0.05) is 23.8 Å². The summed E-state index contributed by atoms with van der Waals surface area (Å²) in [6.45, 7) is 0.588. The number of amides is 1. The van der Waals surface area contributed by atoms with Crippen LogP contribution in [0.1, 0.15) is 16.8 Å². The Morgan fingerprint density at radius 2 is 1.79 bits per heavy atom. The molecule has 0 unspecified atom stereocenters. The minimum atomic E-state index is -0.212. The van der Waals surface area contributed by atoms with Gasteiger partial charge in [0.15, 0.2) is 5.75 Å². The Morgan fingerprint density at radius 3 is 2.50 bits per heavy atom. The first-order chi connectivity index (χ1) is 13.5. The second-order valence-electron chi connectivity index (χ2n) is 6.46. The van der Waals surface area contributed by atoms with Gasteiger partial charge in [-0.15, -0.1) is 0 Å². The zero-order valence-corrected chi connectivity index (χ0v) is 16.3. The summed E-state index contributed by atoms with van der Waals surface area (Å²) in [7, 11) is 1.81. The molecule has 0 spiro atoms. The van der Waals surface area contributed by atoms with E-state index in [1.807, 2.05) is 49.5 Å². The number of hydrogen-bond donors (Lipinski definition) is 1. The molecule has 1 amide bonds. The summed E-state index contributed by atoms with van der Waals surface area (Å²) in [4.78, 5) is 24.5. The number of carbonyl (C=O) groups is 1. The average molecular weight is 397 g/mol. The predicted octanol–water partition coefficient (Wildman–Crippen LogP) is 3.48. The molecule has 1 aromatic heterocycles. The number of pyridine rings is 1. The van der Waals surface area contributed by atoms with E-state index in [-0.39, 0.29) is 30.1 Å². The highest BCUT2D eigenvalue weighted by molar-refractivity contribution is 6.30. The minimum Gasteiger partial charge on any atom is -0.483 e. The molecule has 28 heavy (non-hydrogen) atoms. The Kier molecular flexibility index (Phi) is 6.50. The third-order valence-corrected chi connectivity index (χ3v) is 4.54. The first-order valence-corrected chi connectivity index (χ1v) is 9.26. The quantitative estimate of drug-likeness (QED) is 0.665. The molecule has 0 radical (unpaired) electrons. The summed E-state index contributed by atoms with van der Waals surface area (Å²) in [5.41, 5.74) is 2.35. The van der Waals surface area contributed by atoms with E-state index in [9.17, 15) is 9.59 Å². The number of aromatic nitrogens is 1. The van der Waals surface area contributed by atoms with Crippen LogP contribution in [0.4, 0.5) is 0 Å². The molecule has 6 heteroatoms. The van der Waals surface area contributed by atoms with Gasteiger partial charge in [0.2, 0.25) is 11.3 Å². The van der Waals surface area contributed by atoms with E-state index in [4.69, 9.17) is 16.3 Å². The van der Waals surface area contributed by atoms with Crippen LogP contribution in [0.15, 0.2) is 71.7 Å². The van der Waals surface area contributed by atoms with Crippen LogP contribution in [0.2, 0.25) is 5.02 Å². The van der Waals surface area contributed by atoms with Crippen LogP contribution in [0.3, 0.4) is 0 Å². The van der Waals surface area contributed by atoms with E-state index in [0.29, 0.717) is 17.3 Å². The number of ether oxygens (including phenoxy) is 1. The van der Waals surface area contributed by atoms with Gasteiger partial charge in [-0.1, -0.05) is 54.1 Å². The number of hydrogen-bond acceptors (Lipinski definition) is 3. The normalized spacial score (nSPS) is 10.5. The molecule has 0 aliphatic carbocycles. The molecule has 144 valence electrons. The average Bonchev–Trinajstić information content (AvgIpc) is 2.70. The Hall–Kier alpha value is -3.05. The maximum atomic E-state index is 12.3. The lowest BCUT2D eigenvalue weighted by Crippen LogP contribution is -2.27. The summed E-state index contributed by atoms with van der Waals surface area (Å²) in [5.74, 6) is 0.154. The van der Waals surface area contributed by atoms with Crippen molar-refractivity contribution < 1.29 is 9.53 Å². The maximum Gasteiger partial charge on any atom is 0.224 e. The van der Waals surface area contributed by atoms with Crippen LogP contribution < -0.4 is 15.5 Å². The van der Waals surface area contributed by atoms with Gasteiger partial charge in [-0.05, 0) is 23.3 Å². The van der Waals surface area contributed by atoms with Crippen molar-refractivity contribution in [3.05, 3.63) is 98.9 Å². The highest BCUT2D eigenvalue weighted by Crippen LogP contribution is 2.11. The first kappa shape index (κ1) is 19.7. The minimum absolute atomic E-state index is 0.126. The lowest BCUT2D eigenvalue weighted by Gasteiger charge is -2.13. The van der Waals surface area contributed by atoms with Gasteiger partial charge < -0.3 is 14.6 Å². The highest BCUT2D eigenvalue weighted by atomic mass is 35.5. The Labute approximate surface area is 168 Å². The Morgan fingerprint density at radius 1 is 1.07 bits per heavy atom. The molecular formula is C22H21ClN2O3. The molecule has 0 aliphatic rings. The molecule has 0 atom stereocenters. The molecule has 5 nitrogen and oxygen atoms in total. The molecule has 3 aromatic rings. The molecule has 1 heterocycles. The van der Waals surface area contributed by atoms with Crippen LogP contribution in [-0.2, 0) is 31.4 Å².